The molecule has 2 aromatic carbocycles. The average molecular weight is 421 g/mol. The van der Waals surface area contributed by atoms with E-state index in [0.29, 0.717) is 31.3 Å². The number of hydrogen-bond donors (Lipinski definition) is 0. The number of benzene rings is 2. The van der Waals surface area contributed by atoms with Crippen molar-refractivity contribution in [3.8, 4) is 10.4 Å². The minimum absolute atomic E-state index is 0.0494. The molecule has 0 fully saturated rings. The molecule has 0 radical (unpaired) electrons. The van der Waals surface area contributed by atoms with Gasteiger partial charge in [0.25, 0.3) is 11.9 Å². The maximum absolute atomic E-state index is 13.3. The van der Waals surface area contributed by atoms with Crippen LogP contribution in [0.4, 0.5) is 6.01 Å². The van der Waals surface area contributed by atoms with Gasteiger partial charge in [-0.2, -0.15) is 4.98 Å². The molecule has 0 bridgehead atoms. The average Bonchev–Trinajstić information content (AvgIpc) is 3.38. The third-order valence-corrected chi connectivity index (χ3v) is 5.98. The molecule has 4 rings (SSSR count). The number of likely N-dealkylation sites (N-methyl/N-ethyl adjacent to an activating group) is 2. The molecule has 2 aromatic heterocycles. The fraction of sp³-hybridized carbons (Fsp3) is 0.261. The van der Waals surface area contributed by atoms with Gasteiger partial charge >= 0.3 is 0 Å². The third-order valence-electron chi connectivity index (χ3n) is 4.96. The van der Waals surface area contributed by atoms with Gasteiger partial charge in [-0.3, -0.25) is 4.79 Å². The lowest BCUT2D eigenvalue weighted by atomic mass is 10.1. The van der Waals surface area contributed by atoms with Gasteiger partial charge in [-0.1, -0.05) is 42.5 Å². The molecule has 4 aromatic rings. The second kappa shape index (κ2) is 8.67. The van der Waals surface area contributed by atoms with Gasteiger partial charge in [0.05, 0.1) is 9.88 Å². The smallest absolute Gasteiger partial charge is 0.298 e. The quantitative estimate of drug-likeness (QED) is 0.427. The summed E-state index contributed by atoms with van der Waals surface area (Å²) in [5, 5.41) is 0.886. The van der Waals surface area contributed by atoms with Gasteiger partial charge in [0.1, 0.15) is 11.2 Å². The highest BCUT2D eigenvalue weighted by molar-refractivity contribution is 7.15. The monoisotopic (exact) mass is 420 g/mol. The molecule has 0 spiro atoms. The third kappa shape index (κ3) is 4.07. The lowest BCUT2D eigenvalue weighted by Crippen LogP contribution is -2.38. The molecular formula is C23H24N4O2S. The molecule has 0 N–H and O–H groups in total. The zero-order chi connectivity index (χ0) is 21.1. The molecule has 6 nitrogen and oxygen atoms in total. The number of fused-ring (bicyclic) bond motifs is 1. The van der Waals surface area contributed by atoms with Crippen LogP contribution in [0, 0.1) is 6.92 Å². The molecule has 0 saturated heterocycles. The highest BCUT2D eigenvalue weighted by atomic mass is 32.1. The van der Waals surface area contributed by atoms with Gasteiger partial charge in [0, 0.05) is 26.7 Å². The van der Waals surface area contributed by atoms with Crippen molar-refractivity contribution >= 4 is 34.4 Å². The molecule has 0 unspecified atom stereocenters. The van der Waals surface area contributed by atoms with Crippen molar-refractivity contribution in [2.75, 3.05) is 31.6 Å². The molecule has 0 atom stereocenters. The van der Waals surface area contributed by atoms with Crippen LogP contribution in [-0.2, 0) is 0 Å². The minimum Gasteiger partial charge on any atom is -0.423 e. The van der Waals surface area contributed by atoms with Crippen LogP contribution in [0.25, 0.3) is 21.5 Å². The Balaban J connectivity index is 1.50. The summed E-state index contributed by atoms with van der Waals surface area (Å²) in [5.41, 5.74) is 3.13. The second-order valence-electron chi connectivity index (χ2n) is 7.05. The van der Waals surface area contributed by atoms with E-state index in [0.717, 1.165) is 26.5 Å². The van der Waals surface area contributed by atoms with E-state index in [1.807, 2.05) is 85.3 Å². The molecule has 2 heterocycles. The number of hydrogen-bond acceptors (Lipinski definition) is 6. The lowest BCUT2D eigenvalue weighted by molar-refractivity contribution is 0.0764. The Morgan fingerprint density at radius 3 is 2.50 bits per heavy atom. The number of aromatic nitrogens is 2. The number of nitrogens with zero attached hydrogens (tertiary/aromatic N) is 4. The van der Waals surface area contributed by atoms with Crippen LogP contribution in [0.2, 0.25) is 0 Å². The molecule has 0 aliphatic heterocycles. The summed E-state index contributed by atoms with van der Waals surface area (Å²) >= 11 is 1.55. The van der Waals surface area contributed by atoms with E-state index in [-0.39, 0.29) is 5.91 Å². The summed E-state index contributed by atoms with van der Waals surface area (Å²) in [6.07, 6.45) is 0. The summed E-state index contributed by atoms with van der Waals surface area (Å²) in [6.45, 7) is 5.68. The highest BCUT2D eigenvalue weighted by Gasteiger charge is 2.23. The summed E-state index contributed by atoms with van der Waals surface area (Å²) < 4.78 is 5.82. The number of oxazole rings is 1. The summed E-state index contributed by atoms with van der Waals surface area (Å²) in [5.74, 6) is -0.0494. The SMILES string of the molecule is CCN(CCN(C)c1nc2ccccc2o1)C(=O)c1nc(C)sc1-c1ccccc1. The van der Waals surface area contributed by atoms with Crippen LogP contribution < -0.4 is 4.90 Å². The van der Waals surface area contributed by atoms with E-state index in [1.54, 1.807) is 11.3 Å². The Morgan fingerprint density at radius 2 is 1.77 bits per heavy atom. The van der Waals surface area contributed by atoms with E-state index in [2.05, 4.69) is 9.97 Å². The Bertz CT molecular complexity index is 1120. The maximum atomic E-state index is 13.3. The number of carbonyl (C=O) groups is 1. The number of aryl methyl sites for hydroxylation is 1. The molecule has 154 valence electrons. The zero-order valence-electron chi connectivity index (χ0n) is 17.3. The molecule has 1 amide bonds. The summed E-state index contributed by atoms with van der Waals surface area (Å²) in [4.78, 5) is 27.0. The van der Waals surface area contributed by atoms with Crippen molar-refractivity contribution < 1.29 is 9.21 Å². The maximum Gasteiger partial charge on any atom is 0.298 e. The van der Waals surface area contributed by atoms with E-state index in [1.165, 1.54) is 0 Å². The van der Waals surface area contributed by atoms with Gasteiger partial charge in [-0.05, 0) is 31.5 Å². The van der Waals surface area contributed by atoms with Crippen molar-refractivity contribution in [2.24, 2.45) is 0 Å². The lowest BCUT2D eigenvalue weighted by Gasteiger charge is -2.23. The van der Waals surface area contributed by atoms with Crippen molar-refractivity contribution in [1.82, 2.24) is 14.9 Å². The fourth-order valence-corrected chi connectivity index (χ4v) is 4.22. The first-order valence-electron chi connectivity index (χ1n) is 9.95. The Hall–Kier alpha value is -3.19. The Labute approximate surface area is 179 Å². The number of rotatable bonds is 7. The first-order chi connectivity index (χ1) is 14.6. The standard InChI is InChI=1S/C23H24N4O2S/c1-4-27(15-14-26(3)23-25-18-12-8-9-13-19(18)29-23)22(28)20-21(30-16(2)24-20)17-10-6-5-7-11-17/h5-13H,4,14-15H2,1-3H3. The number of amides is 1. The Morgan fingerprint density at radius 1 is 1.03 bits per heavy atom. The van der Waals surface area contributed by atoms with Crippen LogP contribution >= 0.6 is 11.3 Å². The Kier molecular flexibility index (Phi) is 5.81. The van der Waals surface area contributed by atoms with Gasteiger partial charge in [-0.15, -0.1) is 11.3 Å². The van der Waals surface area contributed by atoms with Crippen LogP contribution in [0.15, 0.2) is 59.0 Å². The van der Waals surface area contributed by atoms with Gasteiger partial charge < -0.3 is 14.2 Å². The molecule has 0 aliphatic carbocycles. The van der Waals surface area contributed by atoms with Gasteiger partial charge in [0.2, 0.25) is 0 Å². The van der Waals surface area contributed by atoms with Crippen LogP contribution in [-0.4, -0.2) is 47.5 Å². The van der Waals surface area contributed by atoms with Crippen molar-refractivity contribution in [2.45, 2.75) is 13.8 Å². The van der Waals surface area contributed by atoms with E-state index < -0.39 is 0 Å². The number of anilines is 1. The molecular weight excluding hydrogens is 396 g/mol. The largest absolute Gasteiger partial charge is 0.423 e. The summed E-state index contributed by atoms with van der Waals surface area (Å²) in [6, 6.07) is 18.2. The molecule has 0 saturated carbocycles. The van der Waals surface area contributed by atoms with Gasteiger partial charge in [0.15, 0.2) is 5.58 Å². The van der Waals surface area contributed by atoms with Crippen LogP contribution in [0.1, 0.15) is 22.4 Å². The molecule has 30 heavy (non-hydrogen) atoms. The first-order valence-corrected chi connectivity index (χ1v) is 10.8. The van der Waals surface area contributed by atoms with Crippen LogP contribution in [0.3, 0.4) is 0 Å². The second-order valence-corrected chi connectivity index (χ2v) is 8.25. The minimum atomic E-state index is -0.0494. The van der Waals surface area contributed by atoms with Crippen molar-refractivity contribution in [3.63, 3.8) is 0 Å². The van der Waals surface area contributed by atoms with Crippen molar-refractivity contribution in [1.29, 1.82) is 0 Å². The van der Waals surface area contributed by atoms with Crippen molar-refractivity contribution in [3.05, 3.63) is 65.3 Å². The van der Waals surface area contributed by atoms with Crippen LogP contribution in [0.5, 0.6) is 0 Å². The van der Waals surface area contributed by atoms with Gasteiger partial charge in [-0.25, -0.2) is 4.98 Å². The molecule has 7 heteroatoms. The predicted octanol–water partition coefficient (Wildman–Crippen LogP) is 4.86. The number of para-hydroxylation sites is 2. The number of carbonyl (C=O) groups excluding carboxylic acids is 1. The van der Waals surface area contributed by atoms with E-state index in [9.17, 15) is 4.79 Å². The fourth-order valence-electron chi connectivity index (χ4n) is 3.30. The highest BCUT2D eigenvalue weighted by Crippen LogP contribution is 2.31. The summed E-state index contributed by atoms with van der Waals surface area (Å²) in [7, 11) is 1.92. The van der Waals surface area contributed by atoms with E-state index in [4.69, 9.17) is 4.42 Å². The predicted molar refractivity (Wildman–Crippen MR) is 121 cm³/mol. The number of thiazole rings is 1. The zero-order valence-corrected chi connectivity index (χ0v) is 18.1. The first kappa shape index (κ1) is 20.1. The van der Waals surface area contributed by atoms with E-state index >= 15 is 0 Å². The normalized spacial score (nSPS) is 11.0. The topological polar surface area (TPSA) is 62.5 Å². The molecule has 0 aliphatic rings.